The second kappa shape index (κ2) is 5.75. The highest BCUT2D eigenvalue weighted by Gasteiger charge is 2.20. The largest absolute Gasteiger partial charge is 0.371 e. The normalized spacial score (nSPS) is 18.3. The standard InChI is InChI=1S/C16H26N2/c1-16(2,3)14-8-4-5-9-15(14)18-12-6-10-17-11-7-13-18/h4-5,8-9,17H,6-7,10-13H2,1-3H3. The van der Waals surface area contributed by atoms with Gasteiger partial charge in [-0.25, -0.2) is 0 Å². The molecule has 1 fully saturated rings. The van der Waals surface area contributed by atoms with Crippen molar-refractivity contribution >= 4 is 5.69 Å². The average Bonchev–Trinajstić information content (AvgIpc) is 2.27. The number of hydrogen-bond donors (Lipinski definition) is 1. The third-order valence-electron chi connectivity index (χ3n) is 3.62. The summed E-state index contributed by atoms with van der Waals surface area (Å²) in [4.78, 5) is 2.57. The van der Waals surface area contributed by atoms with E-state index in [1.807, 2.05) is 0 Å². The number of para-hydroxylation sites is 1. The van der Waals surface area contributed by atoms with Crippen LogP contribution in [0.4, 0.5) is 5.69 Å². The Morgan fingerprint density at radius 3 is 2.22 bits per heavy atom. The summed E-state index contributed by atoms with van der Waals surface area (Å²) >= 11 is 0. The highest BCUT2D eigenvalue weighted by molar-refractivity contribution is 5.56. The molecule has 0 atom stereocenters. The molecule has 0 aromatic heterocycles. The van der Waals surface area contributed by atoms with Crippen LogP contribution >= 0.6 is 0 Å². The Morgan fingerprint density at radius 1 is 1.00 bits per heavy atom. The van der Waals surface area contributed by atoms with Crippen molar-refractivity contribution in [3.05, 3.63) is 29.8 Å². The van der Waals surface area contributed by atoms with Gasteiger partial charge in [0.25, 0.3) is 0 Å². The molecule has 2 nitrogen and oxygen atoms in total. The van der Waals surface area contributed by atoms with Crippen molar-refractivity contribution in [2.24, 2.45) is 0 Å². The van der Waals surface area contributed by atoms with E-state index in [1.165, 1.54) is 37.2 Å². The number of benzene rings is 1. The zero-order chi connectivity index (χ0) is 13.0. The van der Waals surface area contributed by atoms with Crippen molar-refractivity contribution in [1.29, 1.82) is 0 Å². The number of rotatable bonds is 1. The number of anilines is 1. The molecular weight excluding hydrogens is 220 g/mol. The van der Waals surface area contributed by atoms with Gasteiger partial charge >= 0.3 is 0 Å². The van der Waals surface area contributed by atoms with E-state index >= 15 is 0 Å². The van der Waals surface area contributed by atoms with Crippen molar-refractivity contribution in [3.8, 4) is 0 Å². The Labute approximate surface area is 111 Å². The van der Waals surface area contributed by atoms with Gasteiger partial charge in [-0.1, -0.05) is 39.0 Å². The predicted octanol–water partition coefficient (Wildman–Crippen LogP) is 3.17. The van der Waals surface area contributed by atoms with Crippen LogP contribution in [0.2, 0.25) is 0 Å². The van der Waals surface area contributed by atoms with E-state index in [1.54, 1.807) is 0 Å². The summed E-state index contributed by atoms with van der Waals surface area (Å²) < 4.78 is 0. The van der Waals surface area contributed by atoms with Crippen LogP contribution in [0.15, 0.2) is 24.3 Å². The van der Waals surface area contributed by atoms with Crippen molar-refractivity contribution in [2.45, 2.75) is 39.0 Å². The molecule has 0 saturated carbocycles. The van der Waals surface area contributed by atoms with E-state index in [-0.39, 0.29) is 5.41 Å². The zero-order valence-electron chi connectivity index (χ0n) is 12.0. The molecule has 2 heteroatoms. The molecular formula is C16H26N2. The van der Waals surface area contributed by atoms with E-state index in [2.05, 4.69) is 55.3 Å². The van der Waals surface area contributed by atoms with Gasteiger partial charge in [-0.05, 0) is 43.0 Å². The van der Waals surface area contributed by atoms with Gasteiger partial charge in [0.2, 0.25) is 0 Å². The molecule has 0 unspecified atom stereocenters. The SMILES string of the molecule is CC(C)(C)c1ccccc1N1CCCNCCC1. The van der Waals surface area contributed by atoms with E-state index in [0.29, 0.717) is 0 Å². The summed E-state index contributed by atoms with van der Waals surface area (Å²) in [6.45, 7) is 11.5. The molecule has 18 heavy (non-hydrogen) atoms. The summed E-state index contributed by atoms with van der Waals surface area (Å²) in [6, 6.07) is 8.90. The molecule has 1 N–H and O–H groups in total. The van der Waals surface area contributed by atoms with Gasteiger partial charge in [0.15, 0.2) is 0 Å². The van der Waals surface area contributed by atoms with Crippen molar-refractivity contribution in [1.82, 2.24) is 5.32 Å². The highest BCUT2D eigenvalue weighted by atomic mass is 15.1. The van der Waals surface area contributed by atoms with Crippen LogP contribution in [-0.4, -0.2) is 26.2 Å². The molecule has 0 bridgehead atoms. The summed E-state index contributed by atoms with van der Waals surface area (Å²) in [5.41, 5.74) is 3.13. The molecule has 100 valence electrons. The van der Waals surface area contributed by atoms with Gasteiger partial charge in [-0.2, -0.15) is 0 Å². The molecule has 1 heterocycles. The molecule has 2 rings (SSSR count). The minimum Gasteiger partial charge on any atom is -0.371 e. The monoisotopic (exact) mass is 246 g/mol. The van der Waals surface area contributed by atoms with Crippen molar-refractivity contribution in [3.63, 3.8) is 0 Å². The third kappa shape index (κ3) is 3.26. The van der Waals surface area contributed by atoms with Gasteiger partial charge in [-0.15, -0.1) is 0 Å². The fraction of sp³-hybridized carbons (Fsp3) is 0.625. The predicted molar refractivity (Wildman–Crippen MR) is 79.5 cm³/mol. The van der Waals surface area contributed by atoms with E-state index in [4.69, 9.17) is 0 Å². The Hall–Kier alpha value is -1.02. The van der Waals surface area contributed by atoms with E-state index in [0.717, 1.165) is 13.1 Å². The molecule has 1 aromatic carbocycles. The fourth-order valence-electron chi connectivity index (χ4n) is 2.65. The quantitative estimate of drug-likeness (QED) is 0.819. The lowest BCUT2D eigenvalue weighted by atomic mass is 9.85. The minimum atomic E-state index is 0.219. The lowest BCUT2D eigenvalue weighted by molar-refractivity contribution is 0.554. The summed E-state index contributed by atoms with van der Waals surface area (Å²) in [5.74, 6) is 0. The van der Waals surface area contributed by atoms with Gasteiger partial charge in [-0.3, -0.25) is 0 Å². The topological polar surface area (TPSA) is 15.3 Å². The molecule has 0 radical (unpaired) electrons. The van der Waals surface area contributed by atoms with Gasteiger partial charge in [0.1, 0.15) is 0 Å². The summed E-state index contributed by atoms with van der Waals surface area (Å²) in [7, 11) is 0. The molecule has 1 aromatic rings. The van der Waals surface area contributed by atoms with Gasteiger partial charge < -0.3 is 10.2 Å². The second-order valence-corrected chi connectivity index (χ2v) is 6.21. The van der Waals surface area contributed by atoms with Crippen LogP contribution < -0.4 is 10.2 Å². The first-order valence-electron chi connectivity index (χ1n) is 7.14. The number of hydrogen-bond acceptors (Lipinski definition) is 2. The van der Waals surface area contributed by atoms with E-state index in [9.17, 15) is 0 Å². The van der Waals surface area contributed by atoms with Crippen LogP contribution in [0, 0.1) is 0 Å². The second-order valence-electron chi connectivity index (χ2n) is 6.21. The molecule has 0 amide bonds. The van der Waals surface area contributed by atoms with E-state index < -0.39 is 0 Å². The van der Waals surface area contributed by atoms with Crippen LogP contribution in [0.25, 0.3) is 0 Å². The Balaban J connectivity index is 2.25. The Kier molecular flexibility index (Phi) is 4.28. The van der Waals surface area contributed by atoms with Crippen LogP contribution in [-0.2, 0) is 5.41 Å². The number of nitrogens with zero attached hydrogens (tertiary/aromatic N) is 1. The zero-order valence-corrected chi connectivity index (χ0v) is 12.0. The molecule has 0 spiro atoms. The maximum Gasteiger partial charge on any atom is 0.0404 e. The maximum absolute atomic E-state index is 3.48. The molecule has 1 saturated heterocycles. The molecule has 1 aliphatic heterocycles. The Morgan fingerprint density at radius 2 is 1.61 bits per heavy atom. The smallest absolute Gasteiger partial charge is 0.0404 e. The third-order valence-corrected chi connectivity index (χ3v) is 3.62. The van der Waals surface area contributed by atoms with Crippen molar-refractivity contribution in [2.75, 3.05) is 31.1 Å². The average molecular weight is 246 g/mol. The van der Waals surface area contributed by atoms with Crippen LogP contribution in [0.1, 0.15) is 39.2 Å². The van der Waals surface area contributed by atoms with Crippen LogP contribution in [0.3, 0.4) is 0 Å². The van der Waals surface area contributed by atoms with Gasteiger partial charge in [0, 0.05) is 18.8 Å². The highest BCUT2D eigenvalue weighted by Crippen LogP contribution is 2.32. The number of nitrogens with one attached hydrogen (secondary N) is 1. The first-order chi connectivity index (χ1) is 8.59. The summed E-state index contributed by atoms with van der Waals surface area (Å²) in [6.07, 6.45) is 2.47. The first-order valence-corrected chi connectivity index (χ1v) is 7.14. The minimum absolute atomic E-state index is 0.219. The maximum atomic E-state index is 3.48. The van der Waals surface area contributed by atoms with Crippen LogP contribution in [0.5, 0.6) is 0 Å². The van der Waals surface area contributed by atoms with Crippen molar-refractivity contribution < 1.29 is 0 Å². The first kappa shape index (κ1) is 13.4. The fourth-order valence-corrected chi connectivity index (χ4v) is 2.65. The summed E-state index contributed by atoms with van der Waals surface area (Å²) in [5, 5.41) is 3.48. The lowest BCUT2D eigenvalue weighted by Crippen LogP contribution is -2.35. The lowest BCUT2D eigenvalue weighted by Gasteiger charge is -2.32. The molecule has 1 aliphatic rings. The van der Waals surface area contributed by atoms with Gasteiger partial charge in [0.05, 0.1) is 0 Å². The Bertz CT molecular complexity index is 371. The molecule has 0 aliphatic carbocycles.